The molecule has 3 N–H and O–H groups in total. The number of phenolic OH excluding ortho intramolecular Hbond substituents is 1. The second-order valence-corrected chi connectivity index (χ2v) is 3.16. The van der Waals surface area contributed by atoms with Crippen molar-refractivity contribution in [3.8, 4) is 11.4 Å². The Morgan fingerprint density at radius 2 is 1.80 bits per heavy atom. The van der Waals surface area contributed by atoms with Crippen LogP contribution < -0.4 is 11.3 Å². The lowest BCUT2D eigenvalue weighted by atomic mass is 10.3. The van der Waals surface area contributed by atoms with Crippen LogP contribution in [-0.4, -0.2) is 9.67 Å². The number of nitrogen functional groups attached to an aromatic ring is 1. The maximum Gasteiger partial charge on any atom is 0.278 e. The molecule has 0 saturated heterocycles. The maximum atomic E-state index is 11.6. The van der Waals surface area contributed by atoms with Gasteiger partial charge in [-0.1, -0.05) is 0 Å². The maximum absolute atomic E-state index is 11.6. The molecule has 15 heavy (non-hydrogen) atoms. The summed E-state index contributed by atoms with van der Waals surface area (Å²) in [7, 11) is 0. The second-order valence-electron chi connectivity index (χ2n) is 3.16. The number of nitrogens with zero attached hydrogens (tertiary/aromatic N) is 1. The topological polar surface area (TPSA) is 68.2 Å². The van der Waals surface area contributed by atoms with E-state index in [1.54, 1.807) is 30.5 Å². The van der Waals surface area contributed by atoms with Crippen LogP contribution in [0.4, 0.5) is 5.69 Å². The average molecular weight is 202 g/mol. The van der Waals surface area contributed by atoms with Crippen LogP contribution in [0.1, 0.15) is 0 Å². The smallest absolute Gasteiger partial charge is 0.278 e. The van der Waals surface area contributed by atoms with Crippen molar-refractivity contribution < 1.29 is 5.11 Å². The number of pyridine rings is 1. The molecule has 0 amide bonds. The zero-order valence-electron chi connectivity index (χ0n) is 7.92. The van der Waals surface area contributed by atoms with E-state index in [9.17, 15) is 4.79 Å². The van der Waals surface area contributed by atoms with Crippen LogP contribution in [-0.2, 0) is 0 Å². The van der Waals surface area contributed by atoms with Gasteiger partial charge in [-0.15, -0.1) is 0 Å². The lowest BCUT2D eigenvalue weighted by Crippen LogP contribution is -2.20. The Balaban J connectivity index is 2.59. The van der Waals surface area contributed by atoms with Gasteiger partial charge in [0.15, 0.2) is 0 Å². The molecular weight excluding hydrogens is 192 g/mol. The Morgan fingerprint density at radius 3 is 2.47 bits per heavy atom. The number of aromatic hydroxyl groups is 1. The van der Waals surface area contributed by atoms with Gasteiger partial charge in [0.1, 0.15) is 5.75 Å². The highest BCUT2D eigenvalue weighted by molar-refractivity contribution is 5.41. The van der Waals surface area contributed by atoms with Gasteiger partial charge in [-0.25, -0.2) is 0 Å². The molecular formula is C11H10N2O2. The van der Waals surface area contributed by atoms with Gasteiger partial charge in [0.25, 0.3) is 5.56 Å². The van der Waals surface area contributed by atoms with Crippen molar-refractivity contribution in [3.63, 3.8) is 0 Å². The molecule has 2 aromatic rings. The molecule has 0 bridgehead atoms. The fourth-order valence-electron chi connectivity index (χ4n) is 1.33. The number of rotatable bonds is 1. The monoisotopic (exact) mass is 202 g/mol. The molecule has 4 nitrogen and oxygen atoms in total. The van der Waals surface area contributed by atoms with Crippen LogP contribution in [0.3, 0.4) is 0 Å². The van der Waals surface area contributed by atoms with Gasteiger partial charge in [-0.05, 0) is 36.4 Å². The van der Waals surface area contributed by atoms with E-state index in [0.717, 1.165) is 0 Å². The number of nitrogens with two attached hydrogens (primary N) is 1. The molecule has 76 valence electrons. The standard InChI is InChI=1S/C11H10N2O2/c12-10-2-1-7-13(11(10)15)8-3-5-9(14)6-4-8/h1-7,14H,12H2. The number of benzene rings is 1. The first-order valence-corrected chi connectivity index (χ1v) is 4.45. The Morgan fingerprint density at radius 1 is 1.13 bits per heavy atom. The van der Waals surface area contributed by atoms with Crippen LogP contribution in [0.25, 0.3) is 5.69 Å². The SMILES string of the molecule is Nc1cccn(-c2ccc(O)cc2)c1=O. The number of hydrogen-bond donors (Lipinski definition) is 2. The van der Waals surface area contributed by atoms with E-state index >= 15 is 0 Å². The van der Waals surface area contributed by atoms with Crippen molar-refractivity contribution >= 4 is 5.69 Å². The van der Waals surface area contributed by atoms with Crippen LogP contribution in [0, 0.1) is 0 Å². The Kier molecular flexibility index (Phi) is 2.17. The van der Waals surface area contributed by atoms with E-state index in [0.29, 0.717) is 5.69 Å². The van der Waals surface area contributed by atoms with Crippen LogP contribution in [0.2, 0.25) is 0 Å². The number of hydrogen-bond acceptors (Lipinski definition) is 3. The Labute approximate surface area is 86.2 Å². The predicted molar refractivity (Wildman–Crippen MR) is 58.1 cm³/mol. The Bertz CT molecular complexity index is 529. The van der Waals surface area contributed by atoms with Gasteiger partial charge in [0, 0.05) is 11.9 Å². The molecule has 0 aliphatic heterocycles. The molecule has 2 rings (SSSR count). The third-order valence-electron chi connectivity index (χ3n) is 2.10. The summed E-state index contributed by atoms with van der Waals surface area (Å²) in [5.41, 5.74) is 6.12. The molecule has 0 aliphatic carbocycles. The second kappa shape index (κ2) is 3.49. The van der Waals surface area contributed by atoms with Crippen LogP contribution >= 0.6 is 0 Å². The van der Waals surface area contributed by atoms with Gasteiger partial charge in [-0.3, -0.25) is 9.36 Å². The molecule has 0 radical (unpaired) electrons. The van der Waals surface area contributed by atoms with Gasteiger partial charge in [0.05, 0.1) is 5.69 Å². The molecule has 0 saturated carbocycles. The first-order chi connectivity index (χ1) is 7.18. The lowest BCUT2D eigenvalue weighted by Gasteiger charge is -2.05. The predicted octanol–water partition coefficient (Wildman–Crippen LogP) is 1.13. The third kappa shape index (κ3) is 1.69. The third-order valence-corrected chi connectivity index (χ3v) is 2.10. The van der Waals surface area contributed by atoms with Crippen molar-refractivity contribution in [1.29, 1.82) is 0 Å². The summed E-state index contributed by atoms with van der Waals surface area (Å²) >= 11 is 0. The summed E-state index contributed by atoms with van der Waals surface area (Å²) in [4.78, 5) is 11.6. The number of anilines is 1. The summed E-state index contributed by atoms with van der Waals surface area (Å²) in [5, 5.41) is 9.12. The van der Waals surface area contributed by atoms with Crippen LogP contribution in [0.15, 0.2) is 47.4 Å². The summed E-state index contributed by atoms with van der Waals surface area (Å²) in [6, 6.07) is 9.59. The molecule has 0 atom stereocenters. The van der Waals surface area contributed by atoms with Gasteiger partial charge in [0.2, 0.25) is 0 Å². The minimum absolute atomic E-state index is 0.163. The summed E-state index contributed by atoms with van der Waals surface area (Å²) in [5.74, 6) is 0.163. The number of phenols is 1. The van der Waals surface area contributed by atoms with E-state index < -0.39 is 0 Å². The fourth-order valence-corrected chi connectivity index (χ4v) is 1.33. The largest absolute Gasteiger partial charge is 0.508 e. The average Bonchev–Trinajstić information content (AvgIpc) is 2.24. The minimum Gasteiger partial charge on any atom is -0.508 e. The summed E-state index contributed by atoms with van der Waals surface area (Å²) in [6.07, 6.45) is 1.63. The quantitative estimate of drug-likeness (QED) is 0.728. The highest BCUT2D eigenvalue weighted by atomic mass is 16.3. The molecule has 0 fully saturated rings. The molecule has 1 heterocycles. The molecule has 0 aliphatic rings. The van der Waals surface area contributed by atoms with Gasteiger partial charge >= 0.3 is 0 Å². The van der Waals surface area contributed by atoms with E-state index in [1.165, 1.54) is 16.7 Å². The zero-order chi connectivity index (χ0) is 10.8. The van der Waals surface area contributed by atoms with Gasteiger partial charge < -0.3 is 10.8 Å². The summed E-state index contributed by atoms with van der Waals surface area (Å²) in [6.45, 7) is 0. The van der Waals surface area contributed by atoms with Crippen molar-refractivity contribution in [2.45, 2.75) is 0 Å². The van der Waals surface area contributed by atoms with Crippen molar-refractivity contribution in [2.24, 2.45) is 0 Å². The normalized spacial score (nSPS) is 10.1. The first-order valence-electron chi connectivity index (χ1n) is 4.45. The summed E-state index contributed by atoms with van der Waals surface area (Å²) < 4.78 is 1.43. The highest BCUT2D eigenvalue weighted by Crippen LogP contribution is 2.12. The van der Waals surface area contributed by atoms with Gasteiger partial charge in [-0.2, -0.15) is 0 Å². The van der Waals surface area contributed by atoms with E-state index in [1.807, 2.05) is 0 Å². The van der Waals surface area contributed by atoms with E-state index in [4.69, 9.17) is 10.8 Å². The van der Waals surface area contributed by atoms with Crippen molar-refractivity contribution in [2.75, 3.05) is 5.73 Å². The van der Waals surface area contributed by atoms with E-state index in [-0.39, 0.29) is 17.0 Å². The van der Waals surface area contributed by atoms with E-state index in [2.05, 4.69) is 0 Å². The number of aromatic nitrogens is 1. The van der Waals surface area contributed by atoms with Crippen molar-refractivity contribution in [1.82, 2.24) is 4.57 Å². The highest BCUT2D eigenvalue weighted by Gasteiger charge is 2.01. The zero-order valence-corrected chi connectivity index (χ0v) is 7.92. The van der Waals surface area contributed by atoms with Crippen LogP contribution in [0.5, 0.6) is 5.75 Å². The molecule has 4 heteroatoms. The molecule has 1 aromatic heterocycles. The molecule has 0 spiro atoms. The first kappa shape index (κ1) is 9.33. The fraction of sp³-hybridized carbons (Fsp3) is 0. The lowest BCUT2D eigenvalue weighted by molar-refractivity contribution is 0.475. The van der Waals surface area contributed by atoms with Crippen molar-refractivity contribution in [3.05, 3.63) is 52.9 Å². The molecule has 0 unspecified atom stereocenters. The molecule has 1 aromatic carbocycles. The Hall–Kier alpha value is -2.23. The minimum atomic E-state index is -0.261.